The third kappa shape index (κ3) is 2.32. The van der Waals surface area contributed by atoms with E-state index in [0.717, 1.165) is 15.0 Å². The van der Waals surface area contributed by atoms with E-state index in [9.17, 15) is 8.78 Å². The first-order chi connectivity index (χ1) is 7.41. The molecule has 0 aromatic carbocycles. The number of hydrogen-bond acceptors (Lipinski definition) is 1. The Kier molecular flexibility index (Phi) is 3.41. The molecule has 0 spiro atoms. The molecule has 6 heteroatoms. The van der Waals surface area contributed by atoms with Crippen LogP contribution < -0.4 is 0 Å². The van der Waals surface area contributed by atoms with Crippen molar-refractivity contribution in [3.63, 3.8) is 0 Å². The summed E-state index contributed by atoms with van der Waals surface area (Å²) in [5, 5.41) is 0. The van der Waals surface area contributed by atoms with Crippen LogP contribution in [0.5, 0.6) is 0 Å². The Balaban J connectivity index is 2.17. The van der Waals surface area contributed by atoms with Crippen molar-refractivity contribution in [2.45, 2.75) is 37.5 Å². The standard InChI is InChI=1S/C10H12Br2F2N2/c1-16-8(12)7(11)15-9(16)6-2-4-10(13,14)5-3-6/h6H,2-5H2,1H3. The van der Waals surface area contributed by atoms with E-state index in [1.165, 1.54) is 0 Å². The molecule has 2 nitrogen and oxygen atoms in total. The van der Waals surface area contributed by atoms with Crippen LogP contribution in [-0.4, -0.2) is 15.5 Å². The van der Waals surface area contributed by atoms with E-state index in [2.05, 4.69) is 36.8 Å². The number of nitrogens with zero attached hydrogens (tertiary/aromatic N) is 2. The maximum Gasteiger partial charge on any atom is 0.248 e. The van der Waals surface area contributed by atoms with Crippen LogP contribution in [0.4, 0.5) is 8.78 Å². The van der Waals surface area contributed by atoms with Gasteiger partial charge in [0, 0.05) is 25.8 Å². The van der Waals surface area contributed by atoms with Crippen LogP contribution in [0.3, 0.4) is 0 Å². The number of alkyl halides is 2. The molecule has 0 amide bonds. The van der Waals surface area contributed by atoms with Crippen molar-refractivity contribution in [2.75, 3.05) is 0 Å². The van der Waals surface area contributed by atoms with E-state index >= 15 is 0 Å². The lowest BCUT2D eigenvalue weighted by molar-refractivity contribution is -0.0389. The summed E-state index contributed by atoms with van der Waals surface area (Å²) in [6.45, 7) is 0. The fourth-order valence-electron chi connectivity index (χ4n) is 2.12. The highest BCUT2D eigenvalue weighted by molar-refractivity contribution is 9.13. The molecule has 1 aliphatic carbocycles. The maximum absolute atomic E-state index is 13.0. The molecule has 1 aromatic rings. The van der Waals surface area contributed by atoms with E-state index in [-0.39, 0.29) is 18.8 Å². The number of imidazole rings is 1. The summed E-state index contributed by atoms with van der Waals surface area (Å²) in [4.78, 5) is 4.37. The summed E-state index contributed by atoms with van der Waals surface area (Å²) < 4.78 is 29.6. The Hall–Kier alpha value is 0.0300. The second-order valence-corrected chi connectivity index (χ2v) is 5.74. The van der Waals surface area contributed by atoms with Gasteiger partial charge in [0.15, 0.2) is 0 Å². The quantitative estimate of drug-likeness (QED) is 0.735. The fourth-order valence-corrected chi connectivity index (χ4v) is 2.84. The predicted molar refractivity (Wildman–Crippen MR) is 64.8 cm³/mol. The smallest absolute Gasteiger partial charge is 0.248 e. The summed E-state index contributed by atoms with van der Waals surface area (Å²) in [5.74, 6) is -1.45. The zero-order valence-electron chi connectivity index (χ0n) is 8.81. The van der Waals surface area contributed by atoms with Crippen molar-refractivity contribution in [1.82, 2.24) is 9.55 Å². The second-order valence-electron chi connectivity index (χ2n) is 4.24. The lowest BCUT2D eigenvalue weighted by Gasteiger charge is -2.27. The van der Waals surface area contributed by atoms with Gasteiger partial charge < -0.3 is 4.57 Å². The SMILES string of the molecule is Cn1c(C2CCC(F)(F)CC2)nc(Br)c1Br. The van der Waals surface area contributed by atoms with E-state index < -0.39 is 5.92 Å². The first kappa shape index (κ1) is 12.5. The predicted octanol–water partition coefficient (Wildman–Crippen LogP) is 4.24. The molecule has 0 bridgehead atoms. The van der Waals surface area contributed by atoms with E-state index in [0.29, 0.717) is 12.8 Å². The van der Waals surface area contributed by atoms with Crippen molar-refractivity contribution in [2.24, 2.45) is 7.05 Å². The highest BCUT2D eigenvalue weighted by Crippen LogP contribution is 2.41. The molecular formula is C10H12Br2F2N2. The van der Waals surface area contributed by atoms with Crippen molar-refractivity contribution in [3.05, 3.63) is 15.0 Å². The number of hydrogen-bond donors (Lipinski definition) is 0. The average molecular weight is 358 g/mol. The molecule has 2 rings (SSSR count). The van der Waals surface area contributed by atoms with Crippen molar-refractivity contribution in [1.29, 1.82) is 0 Å². The average Bonchev–Trinajstić information content (AvgIpc) is 2.46. The number of halogens is 4. The second kappa shape index (κ2) is 4.37. The molecule has 1 saturated carbocycles. The third-order valence-corrected chi connectivity index (χ3v) is 5.10. The zero-order chi connectivity index (χ0) is 11.9. The molecule has 1 aliphatic rings. The number of aromatic nitrogens is 2. The van der Waals surface area contributed by atoms with Crippen molar-refractivity contribution >= 4 is 31.9 Å². The monoisotopic (exact) mass is 356 g/mol. The lowest BCUT2D eigenvalue weighted by atomic mass is 9.86. The molecule has 1 fully saturated rings. The van der Waals surface area contributed by atoms with Crippen molar-refractivity contribution < 1.29 is 8.78 Å². The molecule has 0 aliphatic heterocycles. The van der Waals surface area contributed by atoms with Gasteiger partial charge in [0.1, 0.15) is 15.0 Å². The van der Waals surface area contributed by atoms with Gasteiger partial charge in [-0.3, -0.25) is 0 Å². The largest absolute Gasteiger partial charge is 0.325 e. The minimum absolute atomic E-state index is 0.0280. The van der Waals surface area contributed by atoms with Crippen LogP contribution in [0.2, 0.25) is 0 Å². The molecule has 0 N–H and O–H groups in total. The maximum atomic E-state index is 13.0. The highest BCUT2D eigenvalue weighted by Gasteiger charge is 2.36. The Morgan fingerprint density at radius 2 is 1.88 bits per heavy atom. The molecule has 0 saturated heterocycles. The van der Waals surface area contributed by atoms with Gasteiger partial charge in [-0.05, 0) is 44.7 Å². The van der Waals surface area contributed by atoms with Gasteiger partial charge in [0.05, 0.1) is 0 Å². The molecule has 0 unspecified atom stereocenters. The molecule has 1 heterocycles. The van der Waals surface area contributed by atoms with Gasteiger partial charge in [-0.2, -0.15) is 0 Å². The minimum Gasteiger partial charge on any atom is -0.325 e. The topological polar surface area (TPSA) is 17.8 Å². The Morgan fingerprint density at radius 3 is 2.31 bits per heavy atom. The van der Waals surface area contributed by atoms with Crippen LogP contribution in [0.15, 0.2) is 9.21 Å². The number of rotatable bonds is 1. The van der Waals surface area contributed by atoms with Crippen molar-refractivity contribution in [3.8, 4) is 0 Å². The molecule has 90 valence electrons. The summed E-state index contributed by atoms with van der Waals surface area (Å²) >= 11 is 6.72. The summed E-state index contributed by atoms with van der Waals surface area (Å²) in [7, 11) is 1.89. The van der Waals surface area contributed by atoms with Gasteiger partial charge >= 0.3 is 0 Å². The summed E-state index contributed by atoms with van der Waals surface area (Å²) in [6, 6.07) is 0. The van der Waals surface area contributed by atoms with Gasteiger partial charge in [-0.15, -0.1) is 0 Å². The van der Waals surface area contributed by atoms with E-state index in [4.69, 9.17) is 0 Å². The molecular weight excluding hydrogens is 346 g/mol. The first-order valence-corrected chi connectivity index (χ1v) is 6.75. The normalized spacial score (nSPS) is 21.3. The highest BCUT2D eigenvalue weighted by atomic mass is 79.9. The Morgan fingerprint density at radius 1 is 1.31 bits per heavy atom. The molecule has 0 radical (unpaired) electrons. The first-order valence-electron chi connectivity index (χ1n) is 5.16. The van der Waals surface area contributed by atoms with Gasteiger partial charge in [0.2, 0.25) is 5.92 Å². The van der Waals surface area contributed by atoms with Crippen LogP contribution in [-0.2, 0) is 7.05 Å². The van der Waals surface area contributed by atoms with E-state index in [1.807, 2.05) is 11.6 Å². The Labute approximate surface area is 110 Å². The fraction of sp³-hybridized carbons (Fsp3) is 0.700. The molecule has 16 heavy (non-hydrogen) atoms. The van der Waals surface area contributed by atoms with Gasteiger partial charge in [-0.25, -0.2) is 13.8 Å². The summed E-state index contributed by atoms with van der Waals surface area (Å²) in [6.07, 6.45) is 0.965. The van der Waals surface area contributed by atoms with Crippen LogP contribution in [0, 0.1) is 0 Å². The van der Waals surface area contributed by atoms with Gasteiger partial charge in [-0.1, -0.05) is 0 Å². The van der Waals surface area contributed by atoms with E-state index in [1.54, 1.807) is 0 Å². The lowest BCUT2D eigenvalue weighted by Crippen LogP contribution is -2.24. The third-order valence-electron chi connectivity index (χ3n) is 3.10. The van der Waals surface area contributed by atoms with Crippen LogP contribution in [0.25, 0.3) is 0 Å². The Bertz CT molecular complexity index is 394. The molecule has 1 aromatic heterocycles. The summed E-state index contributed by atoms with van der Waals surface area (Å²) in [5.41, 5.74) is 0. The zero-order valence-corrected chi connectivity index (χ0v) is 12.0. The minimum atomic E-state index is -2.48. The van der Waals surface area contributed by atoms with Crippen LogP contribution in [0.1, 0.15) is 37.4 Å². The van der Waals surface area contributed by atoms with Crippen LogP contribution >= 0.6 is 31.9 Å². The molecule has 0 atom stereocenters. The van der Waals surface area contributed by atoms with Gasteiger partial charge in [0.25, 0.3) is 0 Å².